The molecule has 2 atom stereocenters. The highest BCUT2D eigenvalue weighted by Crippen LogP contribution is 2.23. The summed E-state index contributed by atoms with van der Waals surface area (Å²) in [5.41, 5.74) is 5.28. The van der Waals surface area contributed by atoms with Crippen LogP contribution in [0.5, 0.6) is 0 Å². The molecule has 0 aromatic heterocycles. The Morgan fingerprint density at radius 1 is 0.980 bits per heavy atom. The Morgan fingerprint density at radius 3 is 2.14 bits per heavy atom. The minimum absolute atomic E-state index is 0.183. The van der Waals surface area contributed by atoms with Crippen molar-refractivity contribution in [2.24, 2.45) is 5.92 Å². The van der Waals surface area contributed by atoms with Crippen molar-refractivity contribution >= 4 is 28.9 Å². The highest BCUT2D eigenvalue weighted by atomic mass is 35.5. The summed E-state index contributed by atoms with van der Waals surface area (Å²) in [5.74, 6) is 0.183. The molecule has 50 heavy (non-hydrogen) atoms. The molecule has 0 saturated carbocycles. The first kappa shape index (κ1) is 54.7. The van der Waals surface area contributed by atoms with Crippen LogP contribution >= 0.6 is 23.8 Å². The van der Waals surface area contributed by atoms with Gasteiger partial charge < -0.3 is 20.9 Å². The van der Waals surface area contributed by atoms with Crippen LogP contribution in [0.3, 0.4) is 0 Å². The standard InChI is InChI=1S/C26H44N4S.C9H13Cl.C3H8.3C2H6/c1-6-8-14-23(19-25-20(3)21(4)28-26(31)29-25)22(5)27-16-12-18-30-17-11-9-10-15-24(30)13-7-2;1-4-8(3)6-7-9(10)5-2;1-3-2;3*1-2/h14,19-20,24,27H,4-13,15-18H2,1-3H3,(H2,28,29,31);4,6-7H,1,5H2,2-3H3;3H2,1-2H3;3*1-2H3/b23-14+,25-19+;8-6-,9-7+;;;;. The van der Waals surface area contributed by atoms with Gasteiger partial charge in [0.15, 0.2) is 5.11 Å². The lowest BCUT2D eigenvalue weighted by Crippen LogP contribution is -2.43. The lowest BCUT2D eigenvalue weighted by atomic mass is 9.99. The Morgan fingerprint density at radius 2 is 1.60 bits per heavy atom. The Balaban J connectivity index is -0.000000463. The number of likely N-dealkylation sites (tertiary alicyclic amines) is 1. The van der Waals surface area contributed by atoms with Crippen molar-refractivity contribution in [2.45, 2.75) is 167 Å². The van der Waals surface area contributed by atoms with Crippen LogP contribution in [0, 0.1) is 5.92 Å². The van der Waals surface area contributed by atoms with E-state index in [1.54, 1.807) is 6.08 Å². The van der Waals surface area contributed by atoms with Gasteiger partial charge in [-0.2, -0.15) is 0 Å². The molecule has 0 radical (unpaired) electrons. The summed E-state index contributed by atoms with van der Waals surface area (Å²) >= 11 is 11.1. The molecular weight excluding hydrogens is 652 g/mol. The van der Waals surface area contributed by atoms with Gasteiger partial charge in [-0.25, -0.2) is 0 Å². The third-order valence-corrected chi connectivity index (χ3v) is 8.20. The van der Waals surface area contributed by atoms with Crippen molar-refractivity contribution in [2.75, 3.05) is 19.6 Å². The van der Waals surface area contributed by atoms with Crippen LogP contribution in [-0.4, -0.2) is 35.7 Å². The van der Waals surface area contributed by atoms with Crippen molar-refractivity contribution in [3.05, 3.63) is 83.4 Å². The maximum Gasteiger partial charge on any atom is 0.174 e. The van der Waals surface area contributed by atoms with Gasteiger partial charge in [-0.3, -0.25) is 0 Å². The van der Waals surface area contributed by atoms with Crippen LogP contribution in [0.2, 0.25) is 0 Å². The first-order valence-corrected chi connectivity index (χ1v) is 20.9. The van der Waals surface area contributed by atoms with Gasteiger partial charge in [0.05, 0.1) is 0 Å². The SMILES string of the molecule is C=C(NCCCN1CCCCCC1CCC)C(=C/CCC)/C=C1/NC(=S)NC(=C)C1C.C=C/C(C)=C\C=C(\Cl)CC.CC.CC.CC.CCC. The van der Waals surface area contributed by atoms with Crippen molar-refractivity contribution < 1.29 is 0 Å². The molecule has 2 saturated heterocycles. The number of halogens is 1. The summed E-state index contributed by atoms with van der Waals surface area (Å²) in [6, 6.07) is 0.782. The Kier molecular flexibility index (Phi) is 43.4. The molecule has 0 aromatic carbocycles. The van der Waals surface area contributed by atoms with Crippen LogP contribution in [0.25, 0.3) is 0 Å². The van der Waals surface area contributed by atoms with Gasteiger partial charge in [-0.05, 0) is 81.9 Å². The number of allylic oxidation sites excluding steroid dienone is 7. The van der Waals surface area contributed by atoms with Crippen molar-refractivity contribution in [3.8, 4) is 0 Å². The molecule has 4 nitrogen and oxygen atoms in total. The predicted molar refractivity (Wildman–Crippen MR) is 237 cm³/mol. The van der Waals surface area contributed by atoms with Gasteiger partial charge in [-0.15, -0.1) is 0 Å². The fourth-order valence-electron chi connectivity index (χ4n) is 4.83. The van der Waals surface area contributed by atoms with Crippen LogP contribution in [0.1, 0.15) is 161 Å². The molecule has 0 bridgehead atoms. The van der Waals surface area contributed by atoms with E-state index >= 15 is 0 Å². The van der Waals surface area contributed by atoms with Gasteiger partial charge in [0.25, 0.3) is 0 Å². The maximum atomic E-state index is 5.75. The van der Waals surface area contributed by atoms with Crippen LogP contribution in [0.15, 0.2) is 83.4 Å². The maximum absolute atomic E-state index is 5.75. The second-order valence-electron chi connectivity index (χ2n) is 11.7. The summed E-state index contributed by atoms with van der Waals surface area (Å²) in [5, 5.41) is 11.5. The fourth-order valence-corrected chi connectivity index (χ4v) is 5.14. The largest absolute Gasteiger partial charge is 0.385 e. The number of thiocarbonyl (C=S) groups is 1. The number of nitrogens with one attached hydrogen (secondary N) is 3. The van der Waals surface area contributed by atoms with Crippen LogP contribution in [0.4, 0.5) is 0 Å². The van der Waals surface area contributed by atoms with E-state index in [-0.39, 0.29) is 5.92 Å². The third-order valence-electron chi connectivity index (χ3n) is 7.60. The van der Waals surface area contributed by atoms with Gasteiger partial charge in [0.1, 0.15) is 0 Å². The topological polar surface area (TPSA) is 39.3 Å². The lowest BCUT2D eigenvalue weighted by Gasteiger charge is -2.30. The van der Waals surface area contributed by atoms with E-state index in [2.05, 4.69) is 87.4 Å². The molecule has 0 spiro atoms. The van der Waals surface area contributed by atoms with Crippen molar-refractivity contribution in [3.63, 3.8) is 0 Å². The van der Waals surface area contributed by atoms with Crippen molar-refractivity contribution in [1.29, 1.82) is 0 Å². The molecule has 2 unspecified atom stereocenters. The molecule has 6 heteroatoms. The number of rotatable bonds is 14. The van der Waals surface area contributed by atoms with Gasteiger partial charge >= 0.3 is 0 Å². The summed E-state index contributed by atoms with van der Waals surface area (Å²) < 4.78 is 0. The van der Waals surface area contributed by atoms with E-state index in [0.29, 0.717) is 5.11 Å². The summed E-state index contributed by atoms with van der Waals surface area (Å²) in [6.07, 6.45) is 23.7. The molecule has 0 amide bonds. The van der Waals surface area contributed by atoms with Crippen molar-refractivity contribution in [1.82, 2.24) is 20.9 Å². The fraction of sp³-hybridized carbons (Fsp3) is 0.659. The van der Waals surface area contributed by atoms with E-state index < -0.39 is 0 Å². The second kappa shape index (κ2) is 39.7. The first-order chi connectivity index (χ1) is 24.1. The van der Waals surface area contributed by atoms with Gasteiger partial charge in [0, 0.05) is 47.2 Å². The minimum Gasteiger partial charge on any atom is -0.385 e. The summed E-state index contributed by atoms with van der Waals surface area (Å²) in [6.45, 7) is 42.4. The highest BCUT2D eigenvalue weighted by Gasteiger charge is 2.21. The second-order valence-corrected chi connectivity index (χ2v) is 12.6. The quantitative estimate of drug-likeness (QED) is 0.0941. The molecule has 2 heterocycles. The van der Waals surface area contributed by atoms with Crippen LogP contribution in [-0.2, 0) is 0 Å². The van der Waals surface area contributed by atoms with Gasteiger partial charge in [0.2, 0.25) is 0 Å². The highest BCUT2D eigenvalue weighted by molar-refractivity contribution is 7.80. The smallest absolute Gasteiger partial charge is 0.174 e. The molecule has 2 fully saturated rings. The Bertz CT molecular complexity index is 992. The molecule has 0 aliphatic carbocycles. The normalized spacial score (nSPS) is 18.6. The Labute approximate surface area is 324 Å². The average Bonchev–Trinajstić information content (AvgIpc) is 3.37. The number of hydrogen-bond acceptors (Lipinski definition) is 3. The summed E-state index contributed by atoms with van der Waals surface area (Å²) in [4.78, 5) is 2.74. The minimum atomic E-state index is 0.183. The number of nitrogens with zero attached hydrogens (tertiary/aromatic N) is 1. The molecule has 3 N–H and O–H groups in total. The molecule has 292 valence electrons. The molecule has 2 rings (SSSR count). The lowest BCUT2D eigenvalue weighted by molar-refractivity contribution is 0.187. The van der Waals surface area contributed by atoms with Crippen LogP contribution < -0.4 is 16.0 Å². The molecule has 2 aliphatic rings. The number of hydrogen-bond donors (Lipinski definition) is 3. The third kappa shape index (κ3) is 28.6. The number of unbranched alkanes of at least 4 members (excludes halogenated alkanes) is 1. The predicted octanol–water partition coefficient (Wildman–Crippen LogP) is 13.9. The Hall–Kier alpha value is -2.08. The molecule has 0 aromatic rings. The van der Waals surface area contributed by atoms with Gasteiger partial charge in [-0.1, -0.05) is 170 Å². The average molecular weight is 736 g/mol. The zero-order chi connectivity index (χ0) is 39.3. The van der Waals surface area contributed by atoms with E-state index in [1.807, 2.05) is 67.5 Å². The van der Waals surface area contributed by atoms with E-state index in [0.717, 1.165) is 71.5 Å². The zero-order valence-corrected chi connectivity index (χ0v) is 36.9. The molecular formula is C44H83ClN4S. The summed E-state index contributed by atoms with van der Waals surface area (Å²) in [7, 11) is 0. The van der Waals surface area contributed by atoms with E-state index in [9.17, 15) is 0 Å². The monoisotopic (exact) mass is 735 g/mol. The van der Waals surface area contributed by atoms with E-state index in [4.69, 9.17) is 23.8 Å². The molecule has 2 aliphatic heterocycles. The zero-order valence-electron chi connectivity index (χ0n) is 35.3. The first-order valence-electron chi connectivity index (χ1n) is 20.1. The van der Waals surface area contributed by atoms with E-state index in [1.165, 1.54) is 58.0 Å².